The molecule has 1 heterocycles. The van der Waals surface area contributed by atoms with Gasteiger partial charge in [0.25, 0.3) is 0 Å². The average molecular weight is 275 g/mol. The zero-order valence-electron chi connectivity index (χ0n) is 10.3. The fraction of sp³-hybridized carbons (Fsp3) is 0.214. The minimum Gasteiger partial charge on any atom is -0.293 e. The van der Waals surface area contributed by atoms with Gasteiger partial charge in [-0.1, -0.05) is 11.6 Å². The molecule has 1 aliphatic carbocycles. The highest BCUT2D eigenvalue weighted by atomic mass is 35.5. The average Bonchev–Trinajstić information content (AvgIpc) is 2.93. The fourth-order valence-corrected chi connectivity index (χ4v) is 2.63. The molecule has 4 nitrogen and oxygen atoms in total. The molecule has 96 valence electrons. The first-order chi connectivity index (χ1) is 9.06. The maximum absolute atomic E-state index is 12.3. The van der Waals surface area contributed by atoms with Crippen molar-refractivity contribution < 1.29 is 9.59 Å². The molecule has 0 N–H and O–H groups in total. The lowest BCUT2D eigenvalue weighted by molar-refractivity contribution is 0.0822. The Morgan fingerprint density at radius 2 is 2.26 bits per heavy atom. The van der Waals surface area contributed by atoms with Gasteiger partial charge in [0.15, 0.2) is 11.6 Å². The Bertz CT molecular complexity index is 691. The number of halogens is 1. The van der Waals surface area contributed by atoms with Gasteiger partial charge in [-0.15, -0.1) is 0 Å². The third-order valence-corrected chi connectivity index (χ3v) is 3.61. The van der Waals surface area contributed by atoms with Gasteiger partial charge in [-0.2, -0.15) is 5.10 Å². The van der Waals surface area contributed by atoms with E-state index in [1.165, 1.54) is 6.20 Å². The van der Waals surface area contributed by atoms with Crippen molar-refractivity contribution in [3.8, 4) is 0 Å². The molecule has 19 heavy (non-hydrogen) atoms. The fourth-order valence-electron chi connectivity index (χ4n) is 2.43. The zero-order valence-corrected chi connectivity index (χ0v) is 11.0. The molecule has 0 saturated heterocycles. The molecule has 2 aromatic rings. The summed E-state index contributed by atoms with van der Waals surface area (Å²) in [5.74, 6) is -0.941. The number of hydrogen-bond acceptors (Lipinski definition) is 3. The van der Waals surface area contributed by atoms with E-state index in [9.17, 15) is 9.59 Å². The maximum atomic E-state index is 12.3. The van der Waals surface area contributed by atoms with Gasteiger partial charge in [-0.05, 0) is 30.2 Å². The van der Waals surface area contributed by atoms with Gasteiger partial charge in [0.1, 0.15) is 0 Å². The Balaban J connectivity index is 1.93. The van der Waals surface area contributed by atoms with Gasteiger partial charge in [0.2, 0.25) is 0 Å². The zero-order chi connectivity index (χ0) is 13.6. The molecule has 5 heteroatoms. The number of aromatic nitrogens is 2. The van der Waals surface area contributed by atoms with Crippen molar-refractivity contribution >= 4 is 23.2 Å². The van der Waals surface area contributed by atoms with Crippen LogP contribution in [0.5, 0.6) is 0 Å². The second-order valence-electron chi connectivity index (χ2n) is 4.69. The van der Waals surface area contributed by atoms with Crippen LogP contribution in [0, 0.1) is 5.92 Å². The number of carbonyl (C=O) groups excluding carboxylic acids is 2. The van der Waals surface area contributed by atoms with Crippen LogP contribution in [-0.4, -0.2) is 21.3 Å². The molecule has 1 aromatic carbocycles. The topological polar surface area (TPSA) is 52.0 Å². The molecule has 1 unspecified atom stereocenters. The Morgan fingerprint density at radius 1 is 1.47 bits per heavy atom. The van der Waals surface area contributed by atoms with E-state index >= 15 is 0 Å². The molecule has 0 saturated carbocycles. The van der Waals surface area contributed by atoms with Crippen LogP contribution in [0.25, 0.3) is 0 Å². The van der Waals surface area contributed by atoms with E-state index in [-0.39, 0.29) is 11.6 Å². The van der Waals surface area contributed by atoms with E-state index in [1.54, 1.807) is 36.1 Å². The van der Waals surface area contributed by atoms with Gasteiger partial charge in [0, 0.05) is 23.8 Å². The summed E-state index contributed by atoms with van der Waals surface area (Å²) in [6.45, 7) is 0. The standard InChI is InChI=1S/C14H11ClN2O2/c1-17-7-9(6-16-17)13(18)12-5-8-4-10(15)2-3-11(8)14(12)19/h2-4,6-7,12H,5H2,1H3. The molecule has 1 aliphatic rings. The molecule has 0 fully saturated rings. The number of carbonyl (C=O) groups is 2. The van der Waals surface area contributed by atoms with E-state index in [2.05, 4.69) is 5.10 Å². The van der Waals surface area contributed by atoms with Crippen LogP contribution in [0.1, 0.15) is 26.3 Å². The maximum Gasteiger partial charge on any atom is 0.177 e. The number of rotatable bonds is 2. The Morgan fingerprint density at radius 3 is 2.95 bits per heavy atom. The minimum atomic E-state index is -0.641. The van der Waals surface area contributed by atoms with E-state index in [1.807, 2.05) is 0 Å². The van der Waals surface area contributed by atoms with Crippen molar-refractivity contribution in [2.75, 3.05) is 0 Å². The van der Waals surface area contributed by atoms with E-state index in [0.717, 1.165) is 5.56 Å². The highest BCUT2D eigenvalue weighted by molar-refractivity contribution is 6.31. The third-order valence-electron chi connectivity index (χ3n) is 3.38. The molecule has 0 bridgehead atoms. The van der Waals surface area contributed by atoms with Crippen molar-refractivity contribution in [3.63, 3.8) is 0 Å². The molecule has 3 rings (SSSR count). The summed E-state index contributed by atoms with van der Waals surface area (Å²) < 4.78 is 1.55. The second-order valence-corrected chi connectivity index (χ2v) is 5.13. The Kier molecular flexibility index (Phi) is 2.75. The van der Waals surface area contributed by atoms with Crippen LogP contribution in [-0.2, 0) is 13.5 Å². The lowest BCUT2D eigenvalue weighted by atomic mass is 9.96. The molecule has 0 amide bonds. The minimum absolute atomic E-state index is 0.125. The van der Waals surface area contributed by atoms with Crippen molar-refractivity contribution in [2.24, 2.45) is 13.0 Å². The van der Waals surface area contributed by atoms with Gasteiger partial charge in [-0.25, -0.2) is 0 Å². The summed E-state index contributed by atoms with van der Waals surface area (Å²) in [7, 11) is 1.74. The number of hydrogen-bond donors (Lipinski definition) is 0. The van der Waals surface area contributed by atoms with Crippen LogP contribution in [0.3, 0.4) is 0 Å². The first kappa shape index (κ1) is 12.1. The van der Waals surface area contributed by atoms with Gasteiger partial charge in [0.05, 0.1) is 17.7 Å². The van der Waals surface area contributed by atoms with Gasteiger partial charge >= 0.3 is 0 Å². The number of ketones is 2. The van der Waals surface area contributed by atoms with Crippen molar-refractivity contribution in [3.05, 3.63) is 52.3 Å². The summed E-state index contributed by atoms with van der Waals surface area (Å²) in [6.07, 6.45) is 3.54. The SMILES string of the molecule is Cn1cc(C(=O)C2Cc3cc(Cl)ccc3C2=O)cn1. The van der Waals surface area contributed by atoms with Crippen LogP contribution < -0.4 is 0 Å². The Labute approximate surface area is 115 Å². The predicted octanol–water partition coefficient (Wildman–Crippen LogP) is 2.31. The highest BCUT2D eigenvalue weighted by Gasteiger charge is 2.36. The van der Waals surface area contributed by atoms with Crippen molar-refractivity contribution in [1.29, 1.82) is 0 Å². The molecule has 0 radical (unpaired) electrons. The number of nitrogens with zero attached hydrogens (tertiary/aromatic N) is 2. The first-order valence-electron chi connectivity index (χ1n) is 5.92. The number of aryl methyl sites for hydroxylation is 1. The monoisotopic (exact) mass is 274 g/mol. The predicted molar refractivity (Wildman–Crippen MR) is 70.5 cm³/mol. The normalized spacial score (nSPS) is 17.6. The van der Waals surface area contributed by atoms with E-state index in [0.29, 0.717) is 22.6 Å². The number of fused-ring (bicyclic) bond motifs is 1. The van der Waals surface area contributed by atoms with Crippen LogP contribution in [0.4, 0.5) is 0 Å². The lowest BCUT2D eigenvalue weighted by Gasteiger charge is -2.03. The summed E-state index contributed by atoms with van der Waals surface area (Å²) in [5.41, 5.74) is 1.92. The summed E-state index contributed by atoms with van der Waals surface area (Å²) in [6, 6.07) is 5.12. The molecule has 1 aromatic heterocycles. The van der Waals surface area contributed by atoms with Gasteiger partial charge in [-0.3, -0.25) is 14.3 Å². The highest BCUT2D eigenvalue weighted by Crippen LogP contribution is 2.31. The smallest absolute Gasteiger partial charge is 0.177 e. The molecule has 0 aliphatic heterocycles. The Hall–Kier alpha value is -1.94. The number of Topliss-reactive ketones (excluding diaryl/α,β-unsaturated/α-hetero) is 2. The molecular weight excluding hydrogens is 264 g/mol. The third kappa shape index (κ3) is 1.98. The number of benzene rings is 1. The van der Waals surface area contributed by atoms with Crippen molar-refractivity contribution in [1.82, 2.24) is 9.78 Å². The summed E-state index contributed by atoms with van der Waals surface area (Å²) >= 11 is 5.91. The van der Waals surface area contributed by atoms with Crippen LogP contribution in [0.15, 0.2) is 30.6 Å². The first-order valence-corrected chi connectivity index (χ1v) is 6.29. The van der Waals surface area contributed by atoms with Crippen molar-refractivity contribution in [2.45, 2.75) is 6.42 Å². The largest absolute Gasteiger partial charge is 0.293 e. The quantitative estimate of drug-likeness (QED) is 0.624. The molecular formula is C14H11ClN2O2. The van der Waals surface area contributed by atoms with Crippen LogP contribution >= 0.6 is 11.6 Å². The van der Waals surface area contributed by atoms with Crippen LogP contribution in [0.2, 0.25) is 5.02 Å². The molecule has 1 atom stereocenters. The van der Waals surface area contributed by atoms with E-state index in [4.69, 9.17) is 11.6 Å². The van der Waals surface area contributed by atoms with Gasteiger partial charge < -0.3 is 0 Å². The second kappa shape index (κ2) is 4.31. The van der Waals surface area contributed by atoms with E-state index < -0.39 is 5.92 Å². The molecule has 0 spiro atoms. The summed E-state index contributed by atoms with van der Waals surface area (Å²) in [4.78, 5) is 24.6. The summed E-state index contributed by atoms with van der Waals surface area (Å²) in [5, 5.41) is 4.55. The lowest BCUT2D eigenvalue weighted by Crippen LogP contribution is -2.20.